The van der Waals surface area contributed by atoms with E-state index in [1.54, 1.807) is 0 Å². The van der Waals surface area contributed by atoms with Crippen molar-refractivity contribution in [2.45, 2.75) is 44.7 Å². The van der Waals surface area contributed by atoms with E-state index in [1.807, 2.05) is 17.2 Å². The van der Waals surface area contributed by atoms with Crippen molar-refractivity contribution in [2.24, 2.45) is 0 Å². The van der Waals surface area contributed by atoms with Gasteiger partial charge >= 0.3 is 6.03 Å². The molecule has 0 saturated carbocycles. The summed E-state index contributed by atoms with van der Waals surface area (Å²) in [7, 11) is 4.18. The molecular weight excluding hydrogens is 314 g/mol. The van der Waals surface area contributed by atoms with Gasteiger partial charge in [-0.25, -0.2) is 9.78 Å². The highest BCUT2D eigenvalue weighted by Crippen LogP contribution is 2.21. The van der Waals surface area contributed by atoms with E-state index < -0.39 is 0 Å². The Balaban J connectivity index is 1.59. The molecule has 6 heteroatoms. The molecule has 2 aliphatic rings. The summed E-state index contributed by atoms with van der Waals surface area (Å²) in [6.07, 6.45) is 7.84. The molecule has 138 valence electrons. The van der Waals surface area contributed by atoms with E-state index in [0.717, 1.165) is 44.0 Å². The third-order valence-corrected chi connectivity index (χ3v) is 5.37. The second-order valence-corrected chi connectivity index (χ2v) is 7.40. The highest BCUT2D eigenvalue weighted by molar-refractivity contribution is 5.74. The van der Waals surface area contributed by atoms with Crippen LogP contribution in [-0.4, -0.2) is 67.1 Å². The molecule has 1 aromatic rings. The number of anilines is 1. The highest BCUT2D eigenvalue weighted by Gasteiger charge is 2.25. The summed E-state index contributed by atoms with van der Waals surface area (Å²) in [6.45, 7) is 4.33. The van der Waals surface area contributed by atoms with Gasteiger partial charge in [0.25, 0.3) is 0 Å². The van der Waals surface area contributed by atoms with Crippen LogP contribution < -0.4 is 10.2 Å². The number of likely N-dealkylation sites (tertiary alicyclic amines) is 1. The van der Waals surface area contributed by atoms with E-state index in [4.69, 9.17) is 0 Å². The van der Waals surface area contributed by atoms with Gasteiger partial charge in [0, 0.05) is 50.5 Å². The molecule has 6 nitrogen and oxygen atoms in total. The molecule has 1 N–H and O–H groups in total. The highest BCUT2D eigenvalue weighted by atomic mass is 16.2. The number of nitrogens with zero attached hydrogens (tertiary/aromatic N) is 4. The fraction of sp³-hybridized carbons (Fsp3) is 0.684. The number of likely N-dealkylation sites (N-methyl/N-ethyl adjacent to an activating group) is 1. The van der Waals surface area contributed by atoms with Crippen molar-refractivity contribution in [3.05, 3.63) is 23.9 Å². The molecule has 2 aliphatic heterocycles. The van der Waals surface area contributed by atoms with Gasteiger partial charge in [-0.2, -0.15) is 0 Å². The summed E-state index contributed by atoms with van der Waals surface area (Å²) < 4.78 is 0. The first-order valence-electron chi connectivity index (χ1n) is 9.53. The Bertz CT molecular complexity index is 571. The van der Waals surface area contributed by atoms with Crippen LogP contribution >= 0.6 is 0 Å². The van der Waals surface area contributed by atoms with Crippen LogP contribution in [0.5, 0.6) is 0 Å². The van der Waals surface area contributed by atoms with E-state index in [-0.39, 0.29) is 6.03 Å². The van der Waals surface area contributed by atoms with Crippen molar-refractivity contribution in [2.75, 3.05) is 45.2 Å². The van der Waals surface area contributed by atoms with Gasteiger partial charge in [0.15, 0.2) is 0 Å². The Labute approximate surface area is 151 Å². The Morgan fingerprint density at radius 2 is 2.04 bits per heavy atom. The summed E-state index contributed by atoms with van der Waals surface area (Å²) >= 11 is 0. The van der Waals surface area contributed by atoms with Crippen LogP contribution in [0.25, 0.3) is 0 Å². The lowest BCUT2D eigenvalue weighted by Crippen LogP contribution is -2.50. The van der Waals surface area contributed by atoms with Crippen LogP contribution in [0.1, 0.15) is 37.7 Å². The number of carbonyl (C=O) groups excluding carboxylic acids is 1. The predicted octanol–water partition coefficient (Wildman–Crippen LogP) is 2.31. The maximum absolute atomic E-state index is 12.6. The number of nitrogens with one attached hydrogen (secondary N) is 1. The average molecular weight is 345 g/mol. The first kappa shape index (κ1) is 18.0. The number of carbonyl (C=O) groups is 1. The molecular formula is C19H31N5O. The molecule has 0 spiro atoms. The van der Waals surface area contributed by atoms with Crippen LogP contribution in [0.4, 0.5) is 10.6 Å². The van der Waals surface area contributed by atoms with Gasteiger partial charge in [0.1, 0.15) is 5.82 Å². The first-order chi connectivity index (χ1) is 12.1. The van der Waals surface area contributed by atoms with Crippen LogP contribution in [0.2, 0.25) is 0 Å². The van der Waals surface area contributed by atoms with Gasteiger partial charge in [0.2, 0.25) is 0 Å². The number of hydrogen-bond acceptors (Lipinski definition) is 4. The molecule has 0 radical (unpaired) electrons. The second kappa shape index (κ2) is 8.52. The van der Waals surface area contributed by atoms with Gasteiger partial charge in [0.05, 0.1) is 0 Å². The summed E-state index contributed by atoms with van der Waals surface area (Å²) in [6, 6.07) is 4.54. The van der Waals surface area contributed by atoms with E-state index in [1.165, 1.54) is 25.7 Å². The van der Waals surface area contributed by atoms with Crippen LogP contribution in [0.3, 0.4) is 0 Å². The standard InChI is InChI=1S/C19H31N5O/c1-22(2)17-9-7-13-24(15-17)19(25)21-14-16-8-6-10-20-18(16)23-11-4-3-5-12-23/h6,8,10,17H,3-5,7,9,11-15H2,1-2H3,(H,21,25)/t17-/m1/s1. The average Bonchev–Trinajstić information content (AvgIpc) is 2.67. The van der Waals surface area contributed by atoms with E-state index in [2.05, 4.69) is 40.3 Å². The lowest BCUT2D eigenvalue weighted by atomic mass is 10.1. The number of pyridine rings is 1. The minimum atomic E-state index is 0.0417. The lowest BCUT2D eigenvalue weighted by Gasteiger charge is -2.36. The van der Waals surface area contributed by atoms with E-state index in [9.17, 15) is 4.79 Å². The zero-order valence-corrected chi connectivity index (χ0v) is 15.6. The number of amides is 2. The zero-order valence-electron chi connectivity index (χ0n) is 15.6. The van der Waals surface area contributed by atoms with Gasteiger partial charge < -0.3 is 20.0 Å². The lowest BCUT2D eigenvalue weighted by molar-refractivity contribution is 0.140. The normalized spacial score (nSPS) is 21.5. The van der Waals surface area contributed by atoms with Gasteiger partial charge in [-0.1, -0.05) is 6.07 Å². The Hall–Kier alpha value is -1.82. The SMILES string of the molecule is CN(C)[C@@H]1CCCN(C(=O)NCc2cccnc2N2CCCCC2)C1. The van der Waals surface area contributed by atoms with E-state index in [0.29, 0.717) is 12.6 Å². The number of hydrogen-bond donors (Lipinski definition) is 1. The number of piperidine rings is 2. The monoisotopic (exact) mass is 345 g/mol. The Morgan fingerprint density at radius 1 is 1.24 bits per heavy atom. The fourth-order valence-electron chi connectivity index (χ4n) is 3.80. The van der Waals surface area contributed by atoms with Crippen molar-refractivity contribution >= 4 is 11.8 Å². The van der Waals surface area contributed by atoms with Crippen molar-refractivity contribution in [3.8, 4) is 0 Å². The molecule has 3 rings (SSSR count). The summed E-state index contributed by atoms with van der Waals surface area (Å²) in [4.78, 5) is 23.7. The molecule has 2 fully saturated rings. The van der Waals surface area contributed by atoms with Crippen molar-refractivity contribution in [1.82, 2.24) is 20.1 Å². The summed E-state index contributed by atoms with van der Waals surface area (Å²) in [5.41, 5.74) is 1.11. The molecule has 0 bridgehead atoms. The topological polar surface area (TPSA) is 51.7 Å². The molecule has 25 heavy (non-hydrogen) atoms. The van der Waals surface area contributed by atoms with Gasteiger partial charge in [-0.05, 0) is 52.3 Å². The zero-order chi connectivity index (χ0) is 17.6. The number of urea groups is 1. The van der Waals surface area contributed by atoms with Crippen molar-refractivity contribution < 1.29 is 4.79 Å². The van der Waals surface area contributed by atoms with Gasteiger partial charge in [-0.3, -0.25) is 0 Å². The fourth-order valence-corrected chi connectivity index (χ4v) is 3.80. The molecule has 1 atom stereocenters. The minimum Gasteiger partial charge on any atom is -0.356 e. The largest absolute Gasteiger partial charge is 0.356 e. The molecule has 0 aliphatic carbocycles. The van der Waals surface area contributed by atoms with Crippen molar-refractivity contribution in [3.63, 3.8) is 0 Å². The molecule has 0 aromatic carbocycles. The third-order valence-electron chi connectivity index (χ3n) is 5.37. The summed E-state index contributed by atoms with van der Waals surface area (Å²) in [5.74, 6) is 1.03. The minimum absolute atomic E-state index is 0.0417. The molecule has 1 aromatic heterocycles. The predicted molar refractivity (Wildman–Crippen MR) is 101 cm³/mol. The Kier molecular flexibility index (Phi) is 6.13. The quantitative estimate of drug-likeness (QED) is 0.910. The number of aromatic nitrogens is 1. The maximum atomic E-state index is 12.6. The van der Waals surface area contributed by atoms with Crippen LogP contribution in [0.15, 0.2) is 18.3 Å². The molecule has 0 unspecified atom stereocenters. The first-order valence-corrected chi connectivity index (χ1v) is 9.53. The molecule has 3 heterocycles. The maximum Gasteiger partial charge on any atom is 0.317 e. The second-order valence-electron chi connectivity index (χ2n) is 7.40. The van der Waals surface area contributed by atoms with Crippen LogP contribution in [-0.2, 0) is 6.54 Å². The number of rotatable bonds is 4. The van der Waals surface area contributed by atoms with Crippen molar-refractivity contribution in [1.29, 1.82) is 0 Å². The molecule has 2 amide bonds. The smallest absolute Gasteiger partial charge is 0.317 e. The third kappa shape index (κ3) is 4.63. The van der Waals surface area contributed by atoms with Crippen LogP contribution in [0, 0.1) is 0 Å². The van der Waals surface area contributed by atoms with E-state index >= 15 is 0 Å². The Morgan fingerprint density at radius 3 is 2.80 bits per heavy atom. The van der Waals surface area contributed by atoms with Gasteiger partial charge in [-0.15, -0.1) is 0 Å². The molecule has 2 saturated heterocycles. The summed E-state index contributed by atoms with van der Waals surface area (Å²) in [5, 5.41) is 3.11.